The van der Waals surface area contributed by atoms with Crippen LogP contribution in [0.15, 0.2) is 0 Å². The number of methoxy groups -OCH3 is 1. The molecule has 0 aromatic carbocycles. The molecule has 20 heavy (non-hydrogen) atoms. The van der Waals surface area contributed by atoms with Crippen LogP contribution in [-0.2, 0) is 14.3 Å². The summed E-state index contributed by atoms with van der Waals surface area (Å²) in [5.41, 5.74) is -0.420. The molecule has 0 aliphatic carbocycles. The molecule has 2 saturated heterocycles. The molecule has 0 aromatic rings. The molecule has 0 saturated carbocycles. The predicted octanol–water partition coefficient (Wildman–Crippen LogP) is -0.389. The van der Waals surface area contributed by atoms with Crippen LogP contribution in [0.1, 0.15) is 19.8 Å². The maximum absolute atomic E-state index is 13.0. The highest BCUT2D eigenvalue weighted by Crippen LogP contribution is 2.32. The van der Waals surface area contributed by atoms with Gasteiger partial charge in [-0.3, -0.25) is 4.79 Å². The lowest BCUT2D eigenvalue weighted by atomic mass is 9.78. The van der Waals surface area contributed by atoms with Gasteiger partial charge in [-0.25, -0.2) is 0 Å². The van der Waals surface area contributed by atoms with Crippen molar-refractivity contribution in [2.24, 2.45) is 5.41 Å². The summed E-state index contributed by atoms with van der Waals surface area (Å²) in [7, 11) is 1.65. The number of rotatable bonds is 4. The summed E-state index contributed by atoms with van der Waals surface area (Å²) in [5, 5.41) is 12.6. The molecule has 2 rings (SSSR count). The first-order valence-corrected chi connectivity index (χ1v) is 7.36. The second-order valence-electron chi connectivity index (χ2n) is 5.92. The standard InChI is InChI=1S/C14H26N2O4/c1-11-7-16(8-12(9-17)20-11)13(18)14(10-19-2)3-5-15-6-4-14/h11-12,15,17H,3-10H2,1-2H3. The van der Waals surface area contributed by atoms with Gasteiger partial charge in [-0.15, -0.1) is 0 Å². The summed E-state index contributed by atoms with van der Waals surface area (Å²) in [6.45, 7) is 5.10. The maximum atomic E-state index is 13.0. The van der Waals surface area contributed by atoms with E-state index < -0.39 is 5.41 Å². The largest absolute Gasteiger partial charge is 0.394 e. The molecule has 1 amide bonds. The second kappa shape index (κ2) is 6.85. The van der Waals surface area contributed by atoms with Gasteiger partial charge in [-0.2, -0.15) is 0 Å². The summed E-state index contributed by atoms with van der Waals surface area (Å²) in [6, 6.07) is 0. The summed E-state index contributed by atoms with van der Waals surface area (Å²) >= 11 is 0. The number of carbonyl (C=O) groups is 1. The van der Waals surface area contributed by atoms with E-state index in [0.29, 0.717) is 19.7 Å². The van der Waals surface area contributed by atoms with E-state index in [0.717, 1.165) is 25.9 Å². The fraction of sp³-hybridized carbons (Fsp3) is 0.929. The molecule has 2 N–H and O–H groups in total. The normalized spacial score (nSPS) is 30.2. The zero-order chi connectivity index (χ0) is 14.6. The van der Waals surface area contributed by atoms with E-state index in [4.69, 9.17) is 9.47 Å². The van der Waals surface area contributed by atoms with Gasteiger partial charge in [-0.05, 0) is 32.9 Å². The first-order valence-electron chi connectivity index (χ1n) is 7.36. The Bertz CT molecular complexity index is 326. The van der Waals surface area contributed by atoms with Crippen molar-refractivity contribution in [1.29, 1.82) is 0 Å². The summed E-state index contributed by atoms with van der Waals surface area (Å²) in [5.74, 6) is 0.148. The third-order valence-corrected chi connectivity index (χ3v) is 4.25. The van der Waals surface area contributed by atoms with Crippen LogP contribution in [0.25, 0.3) is 0 Å². The molecule has 2 atom stereocenters. The van der Waals surface area contributed by atoms with E-state index in [2.05, 4.69) is 5.32 Å². The highest BCUT2D eigenvalue weighted by atomic mass is 16.5. The first kappa shape index (κ1) is 15.7. The minimum atomic E-state index is -0.420. The van der Waals surface area contributed by atoms with Crippen LogP contribution in [-0.4, -0.2) is 74.6 Å². The van der Waals surface area contributed by atoms with E-state index in [1.165, 1.54) is 0 Å². The Hall–Kier alpha value is -0.690. The number of aliphatic hydroxyl groups excluding tert-OH is 1. The Morgan fingerprint density at radius 3 is 2.75 bits per heavy atom. The molecule has 2 unspecified atom stereocenters. The molecule has 0 spiro atoms. The average molecular weight is 286 g/mol. The summed E-state index contributed by atoms with van der Waals surface area (Å²) in [6.07, 6.45) is 1.29. The van der Waals surface area contributed by atoms with E-state index in [-0.39, 0.29) is 24.7 Å². The molecular formula is C14H26N2O4. The molecule has 2 fully saturated rings. The number of nitrogens with zero attached hydrogens (tertiary/aromatic N) is 1. The SMILES string of the molecule is COCC1(C(=O)N2CC(C)OC(CO)C2)CCNCC1. The van der Waals surface area contributed by atoms with Gasteiger partial charge in [-0.1, -0.05) is 0 Å². The Kier molecular flexibility index (Phi) is 5.37. The van der Waals surface area contributed by atoms with Crippen LogP contribution in [0.2, 0.25) is 0 Å². The lowest BCUT2D eigenvalue weighted by molar-refractivity contribution is -0.162. The minimum Gasteiger partial charge on any atom is -0.394 e. The Labute approximate surface area is 120 Å². The van der Waals surface area contributed by atoms with E-state index in [9.17, 15) is 9.90 Å². The van der Waals surface area contributed by atoms with Gasteiger partial charge in [0.1, 0.15) is 0 Å². The van der Waals surface area contributed by atoms with Crippen molar-refractivity contribution in [2.45, 2.75) is 32.0 Å². The molecule has 2 heterocycles. The molecule has 6 nitrogen and oxygen atoms in total. The molecule has 0 bridgehead atoms. The third kappa shape index (κ3) is 3.31. The number of morpholine rings is 1. The first-order chi connectivity index (χ1) is 9.61. The number of nitrogens with one attached hydrogen (secondary N) is 1. The monoisotopic (exact) mass is 286 g/mol. The lowest BCUT2D eigenvalue weighted by Gasteiger charge is -2.43. The number of hydrogen-bond donors (Lipinski definition) is 2. The van der Waals surface area contributed by atoms with Crippen molar-refractivity contribution in [3.05, 3.63) is 0 Å². The van der Waals surface area contributed by atoms with Crippen molar-refractivity contribution in [2.75, 3.05) is 46.5 Å². The highest BCUT2D eigenvalue weighted by Gasteiger charge is 2.44. The number of piperidine rings is 1. The van der Waals surface area contributed by atoms with Gasteiger partial charge in [0.25, 0.3) is 0 Å². The summed E-state index contributed by atoms with van der Waals surface area (Å²) < 4.78 is 10.9. The van der Waals surface area contributed by atoms with Crippen molar-refractivity contribution < 1.29 is 19.4 Å². The zero-order valence-corrected chi connectivity index (χ0v) is 12.4. The fourth-order valence-electron chi connectivity index (χ4n) is 3.25. The van der Waals surface area contributed by atoms with Crippen LogP contribution in [0.4, 0.5) is 0 Å². The molecule has 116 valence electrons. The van der Waals surface area contributed by atoms with Gasteiger partial charge in [0.2, 0.25) is 5.91 Å². The van der Waals surface area contributed by atoms with Crippen LogP contribution >= 0.6 is 0 Å². The molecule has 2 aliphatic rings. The van der Waals surface area contributed by atoms with Gasteiger partial charge in [0.05, 0.1) is 30.8 Å². The molecular weight excluding hydrogens is 260 g/mol. The van der Waals surface area contributed by atoms with Gasteiger partial charge in [0.15, 0.2) is 0 Å². The van der Waals surface area contributed by atoms with Gasteiger partial charge >= 0.3 is 0 Å². The number of carbonyl (C=O) groups excluding carboxylic acids is 1. The lowest BCUT2D eigenvalue weighted by Crippen LogP contribution is -2.57. The van der Waals surface area contributed by atoms with E-state index in [1.807, 2.05) is 11.8 Å². The van der Waals surface area contributed by atoms with E-state index in [1.54, 1.807) is 7.11 Å². The molecule has 0 radical (unpaired) electrons. The molecule has 2 aliphatic heterocycles. The maximum Gasteiger partial charge on any atom is 0.231 e. The second-order valence-corrected chi connectivity index (χ2v) is 5.92. The van der Waals surface area contributed by atoms with Crippen LogP contribution in [0.5, 0.6) is 0 Å². The smallest absolute Gasteiger partial charge is 0.231 e. The van der Waals surface area contributed by atoms with E-state index >= 15 is 0 Å². The van der Waals surface area contributed by atoms with Crippen LogP contribution in [0, 0.1) is 5.41 Å². The zero-order valence-electron chi connectivity index (χ0n) is 12.4. The molecule has 0 aromatic heterocycles. The Balaban J connectivity index is 2.10. The van der Waals surface area contributed by atoms with Crippen LogP contribution < -0.4 is 5.32 Å². The van der Waals surface area contributed by atoms with Crippen molar-refractivity contribution in [1.82, 2.24) is 10.2 Å². The predicted molar refractivity (Wildman–Crippen MR) is 74.4 cm³/mol. The van der Waals surface area contributed by atoms with Gasteiger partial charge in [0, 0.05) is 20.2 Å². The number of amides is 1. The fourth-order valence-corrected chi connectivity index (χ4v) is 3.25. The highest BCUT2D eigenvalue weighted by molar-refractivity contribution is 5.83. The summed E-state index contributed by atoms with van der Waals surface area (Å²) in [4.78, 5) is 14.8. The average Bonchev–Trinajstić information content (AvgIpc) is 2.47. The number of ether oxygens (including phenoxy) is 2. The van der Waals surface area contributed by atoms with Crippen molar-refractivity contribution >= 4 is 5.91 Å². The van der Waals surface area contributed by atoms with Crippen molar-refractivity contribution in [3.63, 3.8) is 0 Å². The quantitative estimate of drug-likeness (QED) is 0.736. The third-order valence-electron chi connectivity index (χ3n) is 4.25. The van der Waals surface area contributed by atoms with Crippen LogP contribution in [0.3, 0.4) is 0 Å². The van der Waals surface area contributed by atoms with Gasteiger partial charge < -0.3 is 24.8 Å². The topological polar surface area (TPSA) is 71.0 Å². The molecule has 6 heteroatoms. The number of aliphatic hydroxyl groups is 1. The minimum absolute atomic E-state index is 0.0360. The Morgan fingerprint density at radius 2 is 2.15 bits per heavy atom. The van der Waals surface area contributed by atoms with Crippen molar-refractivity contribution in [3.8, 4) is 0 Å². The Morgan fingerprint density at radius 1 is 1.45 bits per heavy atom. The number of hydrogen-bond acceptors (Lipinski definition) is 5.